The molecular formula is C10H17NOS. The highest BCUT2D eigenvalue weighted by atomic mass is 32.1. The minimum absolute atomic E-state index is 0.914. The van der Waals surface area contributed by atoms with Crippen LogP contribution in [0, 0.1) is 0 Å². The molecule has 0 atom stereocenters. The van der Waals surface area contributed by atoms with Gasteiger partial charge in [-0.1, -0.05) is 6.92 Å². The molecule has 0 unspecified atom stereocenters. The molecule has 0 amide bonds. The third-order valence-electron chi connectivity index (χ3n) is 2.04. The molecule has 1 rings (SSSR count). The van der Waals surface area contributed by atoms with E-state index in [0.29, 0.717) is 0 Å². The lowest BCUT2D eigenvalue weighted by Crippen LogP contribution is -2.24. The molecule has 0 saturated carbocycles. The van der Waals surface area contributed by atoms with E-state index < -0.39 is 0 Å². The van der Waals surface area contributed by atoms with Gasteiger partial charge in [-0.3, -0.25) is 4.90 Å². The fourth-order valence-electron chi connectivity index (χ4n) is 1.27. The molecule has 1 aromatic rings. The maximum Gasteiger partial charge on any atom is 0.117 e. The van der Waals surface area contributed by atoms with Crippen molar-refractivity contribution in [2.24, 2.45) is 0 Å². The molecule has 2 nitrogen and oxygen atoms in total. The number of rotatable bonds is 6. The van der Waals surface area contributed by atoms with Gasteiger partial charge >= 0.3 is 0 Å². The zero-order chi connectivity index (χ0) is 9.52. The van der Waals surface area contributed by atoms with Crippen LogP contribution < -0.4 is 0 Å². The second-order valence-corrected chi connectivity index (χ2v) is 3.47. The van der Waals surface area contributed by atoms with E-state index in [4.69, 9.17) is 4.42 Å². The second kappa shape index (κ2) is 6.11. The van der Waals surface area contributed by atoms with Crippen LogP contribution in [0.2, 0.25) is 0 Å². The number of hydrogen-bond acceptors (Lipinski definition) is 3. The Morgan fingerprint density at radius 1 is 1.54 bits per heavy atom. The van der Waals surface area contributed by atoms with Gasteiger partial charge in [0.25, 0.3) is 0 Å². The molecule has 0 fully saturated rings. The van der Waals surface area contributed by atoms with Crippen LogP contribution in [0.25, 0.3) is 0 Å². The zero-order valence-electron chi connectivity index (χ0n) is 8.07. The van der Waals surface area contributed by atoms with Gasteiger partial charge in [-0.05, 0) is 37.4 Å². The molecule has 0 aliphatic heterocycles. The van der Waals surface area contributed by atoms with Crippen LogP contribution in [0.4, 0.5) is 0 Å². The SMILES string of the molecule is CCN(CCCS)Cc1ccco1. The summed E-state index contributed by atoms with van der Waals surface area (Å²) in [6.07, 6.45) is 2.86. The Kier molecular flexibility index (Phi) is 5.01. The minimum Gasteiger partial charge on any atom is -0.468 e. The van der Waals surface area contributed by atoms with Crippen molar-refractivity contribution < 1.29 is 4.42 Å². The van der Waals surface area contributed by atoms with E-state index in [2.05, 4.69) is 24.5 Å². The monoisotopic (exact) mass is 199 g/mol. The smallest absolute Gasteiger partial charge is 0.117 e. The first-order chi connectivity index (χ1) is 6.36. The standard InChI is InChI=1S/C10H17NOS/c1-2-11(6-4-8-13)9-10-5-3-7-12-10/h3,5,7,13H,2,4,6,8-9H2,1H3. The van der Waals surface area contributed by atoms with Gasteiger partial charge in [0.2, 0.25) is 0 Å². The van der Waals surface area contributed by atoms with Crippen molar-refractivity contribution in [1.82, 2.24) is 4.90 Å². The summed E-state index contributed by atoms with van der Waals surface area (Å²) >= 11 is 4.20. The molecule has 0 aliphatic carbocycles. The first-order valence-corrected chi connectivity index (χ1v) is 5.35. The first-order valence-electron chi connectivity index (χ1n) is 4.72. The number of nitrogens with zero attached hydrogens (tertiary/aromatic N) is 1. The number of thiol groups is 1. The summed E-state index contributed by atoms with van der Waals surface area (Å²) in [5.41, 5.74) is 0. The number of hydrogen-bond donors (Lipinski definition) is 1. The van der Waals surface area contributed by atoms with Crippen LogP contribution in [-0.2, 0) is 6.54 Å². The summed E-state index contributed by atoms with van der Waals surface area (Å²) in [4.78, 5) is 2.36. The lowest BCUT2D eigenvalue weighted by atomic mass is 10.3. The van der Waals surface area contributed by atoms with Crippen molar-refractivity contribution in [2.75, 3.05) is 18.8 Å². The highest BCUT2D eigenvalue weighted by Crippen LogP contribution is 2.05. The highest BCUT2D eigenvalue weighted by Gasteiger charge is 2.04. The largest absolute Gasteiger partial charge is 0.468 e. The van der Waals surface area contributed by atoms with Crippen molar-refractivity contribution in [3.05, 3.63) is 24.2 Å². The van der Waals surface area contributed by atoms with Crippen LogP contribution in [0.15, 0.2) is 22.8 Å². The van der Waals surface area contributed by atoms with Crippen molar-refractivity contribution in [3.63, 3.8) is 0 Å². The Labute approximate surface area is 85.3 Å². The van der Waals surface area contributed by atoms with Gasteiger partial charge in [0.15, 0.2) is 0 Å². The summed E-state index contributed by atoms with van der Waals surface area (Å²) in [7, 11) is 0. The van der Waals surface area contributed by atoms with Crippen molar-refractivity contribution >= 4 is 12.6 Å². The molecule has 0 spiro atoms. The average Bonchev–Trinajstić information content (AvgIpc) is 2.64. The van der Waals surface area contributed by atoms with E-state index >= 15 is 0 Å². The molecule has 3 heteroatoms. The minimum atomic E-state index is 0.914. The molecule has 74 valence electrons. The summed E-state index contributed by atoms with van der Waals surface area (Å²) < 4.78 is 5.29. The quantitative estimate of drug-likeness (QED) is 0.708. The van der Waals surface area contributed by atoms with Crippen LogP contribution in [0.1, 0.15) is 19.1 Å². The van der Waals surface area contributed by atoms with Gasteiger partial charge in [-0.15, -0.1) is 0 Å². The van der Waals surface area contributed by atoms with Crippen molar-refractivity contribution in [3.8, 4) is 0 Å². The Hall–Kier alpha value is -0.410. The van der Waals surface area contributed by atoms with Gasteiger partial charge in [0, 0.05) is 0 Å². The average molecular weight is 199 g/mol. The maximum absolute atomic E-state index is 5.29. The molecule has 1 aromatic heterocycles. The predicted molar refractivity (Wildman–Crippen MR) is 58.1 cm³/mol. The van der Waals surface area contributed by atoms with E-state index in [1.54, 1.807) is 6.26 Å². The van der Waals surface area contributed by atoms with Gasteiger partial charge in [0.1, 0.15) is 5.76 Å². The second-order valence-electron chi connectivity index (χ2n) is 3.03. The fourth-order valence-corrected chi connectivity index (χ4v) is 1.41. The molecule has 0 bridgehead atoms. The lowest BCUT2D eigenvalue weighted by Gasteiger charge is -2.18. The Bertz CT molecular complexity index is 211. The van der Waals surface area contributed by atoms with E-state index in [-0.39, 0.29) is 0 Å². The summed E-state index contributed by atoms with van der Waals surface area (Å²) in [6.45, 7) is 5.24. The van der Waals surface area contributed by atoms with E-state index in [9.17, 15) is 0 Å². The Morgan fingerprint density at radius 3 is 2.92 bits per heavy atom. The molecule has 1 heterocycles. The van der Waals surface area contributed by atoms with Gasteiger partial charge in [0.05, 0.1) is 12.8 Å². The van der Waals surface area contributed by atoms with Crippen LogP contribution in [0.5, 0.6) is 0 Å². The summed E-state index contributed by atoms with van der Waals surface area (Å²) in [5, 5.41) is 0. The van der Waals surface area contributed by atoms with E-state index in [0.717, 1.165) is 37.6 Å². The van der Waals surface area contributed by atoms with Crippen molar-refractivity contribution in [2.45, 2.75) is 19.9 Å². The Morgan fingerprint density at radius 2 is 2.38 bits per heavy atom. The van der Waals surface area contributed by atoms with Crippen LogP contribution in [-0.4, -0.2) is 23.7 Å². The number of furan rings is 1. The van der Waals surface area contributed by atoms with Crippen LogP contribution in [0.3, 0.4) is 0 Å². The molecule has 0 aromatic carbocycles. The van der Waals surface area contributed by atoms with Crippen molar-refractivity contribution in [1.29, 1.82) is 0 Å². The fraction of sp³-hybridized carbons (Fsp3) is 0.600. The topological polar surface area (TPSA) is 16.4 Å². The molecular weight excluding hydrogens is 182 g/mol. The van der Waals surface area contributed by atoms with E-state index in [1.165, 1.54) is 0 Å². The Balaban J connectivity index is 2.31. The van der Waals surface area contributed by atoms with Gasteiger partial charge < -0.3 is 4.42 Å². The molecule has 0 aliphatic rings. The molecule has 0 N–H and O–H groups in total. The summed E-state index contributed by atoms with van der Waals surface area (Å²) in [6, 6.07) is 3.95. The third kappa shape index (κ3) is 3.87. The normalized spacial score (nSPS) is 11.0. The van der Waals surface area contributed by atoms with Gasteiger partial charge in [-0.2, -0.15) is 12.6 Å². The summed E-state index contributed by atoms with van der Waals surface area (Å²) in [5.74, 6) is 2.00. The highest BCUT2D eigenvalue weighted by molar-refractivity contribution is 7.80. The zero-order valence-corrected chi connectivity index (χ0v) is 8.96. The van der Waals surface area contributed by atoms with Gasteiger partial charge in [-0.25, -0.2) is 0 Å². The molecule has 0 saturated heterocycles. The lowest BCUT2D eigenvalue weighted by molar-refractivity contribution is 0.257. The maximum atomic E-state index is 5.29. The third-order valence-corrected chi connectivity index (χ3v) is 2.36. The molecule has 0 radical (unpaired) electrons. The molecule has 13 heavy (non-hydrogen) atoms. The first kappa shape index (κ1) is 10.7. The predicted octanol–water partition coefficient (Wildman–Crippen LogP) is 2.42. The van der Waals surface area contributed by atoms with Crippen LogP contribution >= 0.6 is 12.6 Å². The van der Waals surface area contributed by atoms with E-state index in [1.807, 2.05) is 12.1 Å².